The highest BCUT2D eigenvalue weighted by atomic mass is 32.2. The molecule has 0 bridgehead atoms. The number of nitrogens with zero attached hydrogens (tertiary/aromatic N) is 2. The van der Waals surface area contributed by atoms with Crippen molar-refractivity contribution in [2.45, 2.75) is 63.0 Å². The summed E-state index contributed by atoms with van der Waals surface area (Å²) >= 11 is 1.36. The molecule has 198 valence electrons. The molecule has 0 spiro atoms. The Kier molecular flexibility index (Phi) is 7.09. The van der Waals surface area contributed by atoms with E-state index in [0.717, 1.165) is 22.3 Å². The second-order valence-corrected chi connectivity index (χ2v) is 11.6. The van der Waals surface area contributed by atoms with Gasteiger partial charge in [0.2, 0.25) is 0 Å². The molecule has 1 atom stereocenters. The van der Waals surface area contributed by atoms with Crippen molar-refractivity contribution in [2.24, 2.45) is 0 Å². The van der Waals surface area contributed by atoms with Gasteiger partial charge in [-0.25, -0.2) is 14.0 Å². The van der Waals surface area contributed by atoms with E-state index in [1.54, 1.807) is 11.0 Å². The molecule has 1 aliphatic heterocycles. The lowest BCUT2D eigenvalue weighted by molar-refractivity contribution is 0.0223. The number of aromatic nitrogens is 1. The number of oxazole rings is 1. The predicted octanol–water partition coefficient (Wildman–Crippen LogP) is 6.93. The van der Waals surface area contributed by atoms with Gasteiger partial charge in [0, 0.05) is 29.8 Å². The van der Waals surface area contributed by atoms with Crippen molar-refractivity contribution in [3.63, 3.8) is 0 Å². The van der Waals surface area contributed by atoms with Crippen LogP contribution in [0.2, 0.25) is 0 Å². The monoisotopic (exact) mass is 534 g/mol. The average molecular weight is 535 g/mol. The summed E-state index contributed by atoms with van der Waals surface area (Å²) in [6, 6.07) is 18.3. The molecule has 0 saturated heterocycles. The number of carbonyl (C=O) groups is 1. The lowest BCUT2D eigenvalue weighted by atomic mass is 9.91. The molecule has 8 heteroatoms. The molecule has 1 aromatic heterocycles. The van der Waals surface area contributed by atoms with Gasteiger partial charge in [-0.15, -0.1) is 11.8 Å². The maximum Gasteiger partial charge on any atom is 0.420 e. The Bertz CT molecular complexity index is 1540. The van der Waals surface area contributed by atoms with Gasteiger partial charge in [0.15, 0.2) is 5.58 Å². The first-order valence-corrected chi connectivity index (χ1v) is 13.7. The topological polar surface area (TPSA) is 64.7 Å². The molecule has 38 heavy (non-hydrogen) atoms. The van der Waals surface area contributed by atoms with Gasteiger partial charge in [-0.3, -0.25) is 4.57 Å². The molecule has 3 aromatic carbocycles. The molecule has 5 rings (SSSR count). The smallest absolute Gasteiger partial charge is 0.420 e. The molecule has 1 aliphatic rings. The summed E-state index contributed by atoms with van der Waals surface area (Å²) in [5.41, 5.74) is 4.24. The molecule has 0 saturated carbocycles. The summed E-state index contributed by atoms with van der Waals surface area (Å²) in [4.78, 5) is 27.9. The van der Waals surface area contributed by atoms with Crippen LogP contribution in [-0.2, 0) is 23.5 Å². The molecular formula is C30H31FN2O4S. The van der Waals surface area contributed by atoms with Crippen LogP contribution in [0.15, 0.2) is 74.8 Å². The van der Waals surface area contributed by atoms with Crippen LogP contribution in [0.3, 0.4) is 0 Å². The van der Waals surface area contributed by atoms with E-state index in [0.29, 0.717) is 41.3 Å². The van der Waals surface area contributed by atoms with Crippen LogP contribution < -0.4 is 5.76 Å². The minimum Gasteiger partial charge on any atom is -0.444 e. The molecule has 1 unspecified atom stereocenters. The number of fused-ring (bicyclic) bond motifs is 2. The average Bonchev–Trinajstić information content (AvgIpc) is 3.20. The second-order valence-electron chi connectivity index (χ2n) is 10.6. The standard InChI is InChI=1S/C30H31FN2O4S/c1-19(22-12-8-11-21-13-14-32(17-23(21)22)28(34)37-30(2,3)4)33-25-15-24(31)27(16-26(25)36-29(33)35)38-18-20-9-6-5-7-10-20/h5-12,15-16,19H,13-14,17-18H2,1-4H3. The van der Waals surface area contributed by atoms with Crippen LogP contribution in [-0.4, -0.2) is 27.7 Å². The third-order valence-corrected chi connectivity index (χ3v) is 7.80. The first-order chi connectivity index (χ1) is 18.1. The third kappa shape index (κ3) is 5.36. The van der Waals surface area contributed by atoms with E-state index in [1.807, 2.05) is 76.2 Å². The van der Waals surface area contributed by atoms with Crippen molar-refractivity contribution in [1.82, 2.24) is 9.47 Å². The molecule has 6 nitrogen and oxygen atoms in total. The molecule has 0 radical (unpaired) electrons. The van der Waals surface area contributed by atoms with E-state index in [2.05, 4.69) is 0 Å². The zero-order chi connectivity index (χ0) is 27.0. The largest absolute Gasteiger partial charge is 0.444 e. The maximum absolute atomic E-state index is 15.2. The summed E-state index contributed by atoms with van der Waals surface area (Å²) < 4.78 is 27.9. The normalized spacial score (nSPS) is 14.4. The van der Waals surface area contributed by atoms with Crippen LogP contribution in [0.4, 0.5) is 9.18 Å². The van der Waals surface area contributed by atoms with Gasteiger partial charge >= 0.3 is 11.8 Å². The highest BCUT2D eigenvalue weighted by Crippen LogP contribution is 2.33. The van der Waals surface area contributed by atoms with Gasteiger partial charge in [-0.1, -0.05) is 48.5 Å². The summed E-state index contributed by atoms with van der Waals surface area (Å²) in [6.45, 7) is 8.37. The molecule has 0 fully saturated rings. The maximum atomic E-state index is 15.2. The highest BCUT2D eigenvalue weighted by Gasteiger charge is 2.29. The first kappa shape index (κ1) is 26.1. The van der Waals surface area contributed by atoms with E-state index in [1.165, 1.54) is 22.4 Å². The third-order valence-electron chi connectivity index (χ3n) is 6.70. The number of benzene rings is 3. The second kappa shape index (κ2) is 10.3. The minimum absolute atomic E-state index is 0.346. The van der Waals surface area contributed by atoms with Crippen molar-refractivity contribution in [2.75, 3.05) is 6.54 Å². The zero-order valence-corrected chi connectivity index (χ0v) is 22.8. The van der Waals surface area contributed by atoms with Gasteiger partial charge in [-0.05, 0) is 62.4 Å². The van der Waals surface area contributed by atoms with Gasteiger partial charge in [0.1, 0.15) is 11.4 Å². The number of thioether (sulfide) groups is 1. The van der Waals surface area contributed by atoms with E-state index >= 15 is 4.39 Å². The van der Waals surface area contributed by atoms with Gasteiger partial charge in [-0.2, -0.15) is 0 Å². The first-order valence-electron chi connectivity index (χ1n) is 12.7. The van der Waals surface area contributed by atoms with Crippen molar-refractivity contribution in [3.05, 3.63) is 99.3 Å². The molecule has 0 aliphatic carbocycles. The quantitative estimate of drug-likeness (QED) is 0.260. The molecule has 2 heterocycles. The van der Waals surface area contributed by atoms with Crippen molar-refractivity contribution >= 4 is 29.0 Å². The van der Waals surface area contributed by atoms with E-state index in [9.17, 15) is 9.59 Å². The van der Waals surface area contributed by atoms with Crippen molar-refractivity contribution in [1.29, 1.82) is 0 Å². The summed E-state index contributed by atoms with van der Waals surface area (Å²) in [7, 11) is 0. The fourth-order valence-corrected chi connectivity index (χ4v) is 5.77. The lowest BCUT2D eigenvalue weighted by Gasteiger charge is -2.33. The number of halogens is 1. The van der Waals surface area contributed by atoms with E-state index < -0.39 is 23.2 Å². The van der Waals surface area contributed by atoms with E-state index in [4.69, 9.17) is 9.15 Å². The van der Waals surface area contributed by atoms with Crippen LogP contribution in [0.1, 0.15) is 56.0 Å². The zero-order valence-electron chi connectivity index (χ0n) is 22.0. The number of ether oxygens (including phenoxy) is 1. The fraction of sp³-hybridized carbons (Fsp3) is 0.333. The lowest BCUT2D eigenvalue weighted by Crippen LogP contribution is -2.40. The number of hydrogen-bond donors (Lipinski definition) is 0. The van der Waals surface area contributed by atoms with Crippen molar-refractivity contribution in [3.8, 4) is 0 Å². The Morgan fingerprint density at radius 2 is 1.89 bits per heavy atom. The Morgan fingerprint density at radius 3 is 2.63 bits per heavy atom. The highest BCUT2D eigenvalue weighted by molar-refractivity contribution is 7.98. The number of amides is 1. The predicted molar refractivity (Wildman–Crippen MR) is 147 cm³/mol. The van der Waals surface area contributed by atoms with Crippen LogP contribution in [0.5, 0.6) is 0 Å². The van der Waals surface area contributed by atoms with Crippen molar-refractivity contribution < 1.29 is 18.3 Å². The molecule has 4 aromatic rings. The Morgan fingerprint density at radius 1 is 1.13 bits per heavy atom. The number of hydrogen-bond acceptors (Lipinski definition) is 5. The van der Waals surface area contributed by atoms with Gasteiger partial charge in [0.05, 0.1) is 11.6 Å². The summed E-state index contributed by atoms with van der Waals surface area (Å²) in [6.07, 6.45) is 0.325. The molecular weight excluding hydrogens is 503 g/mol. The number of carbonyl (C=O) groups excluding carboxylic acids is 1. The van der Waals surface area contributed by atoms with Crippen LogP contribution in [0.25, 0.3) is 11.1 Å². The minimum atomic E-state index is -0.588. The van der Waals surface area contributed by atoms with E-state index in [-0.39, 0.29) is 6.09 Å². The fourth-order valence-electron chi connectivity index (χ4n) is 4.87. The Hall–Kier alpha value is -3.52. The summed E-state index contributed by atoms with van der Waals surface area (Å²) in [5.74, 6) is -0.338. The van der Waals surface area contributed by atoms with Crippen LogP contribution >= 0.6 is 11.8 Å². The molecule has 1 amide bonds. The number of rotatable bonds is 5. The van der Waals surface area contributed by atoms with Crippen LogP contribution in [0, 0.1) is 5.82 Å². The van der Waals surface area contributed by atoms with Gasteiger partial charge in [0.25, 0.3) is 0 Å². The summed E-state index contributed by atoms with van der Waals surface area (Å²) in [5, 5.41) is 0. The Labute approximate surface area is 225 Å². The van der Waals surface area contributed by atoms with Gasteiger partial charge < -0.3 is 14.1 Å². The molecule has 0 N–H and O–H groups in total. The Balaban J connectivity index is 1.45. The SMILES string of the molecule is CC(c1cccc2c1CN(C(=O)OC(C)(C)C)CC2)n1c(=O)oc2cc(SCc3ccccc3)c(F)cc21.